The van der Waals surface area contributed by atoms with E-state index in [1.165, 1.54) is 0 Å². The summed E-state index contributed by atoms with van der Waals surface area (Å²) in [5, 5.41) is 0. The summed E-state index contributed by atoms with van der Waals surface area (Å²) in [6, 6.07) is 9.37. The second kappa shape index (κ2) is 6.02. The van der Waals surface area contributed by atoms with Crippen LogP contribution in [0.5, 0.6) is 11.6 Å². The summed E-state index contributed by atoms with van der Waals surface area (Å²) in [4.78, 5) is 16.8. The third-order valence-electron chi connectivity index (χ3n) is 3.83. The molecule has 1 aliphatic rings. The Morgan fingerprint density at radius 3 is 2.64 bits per heavy atom. The van der Waals surface area contributed by atoms with Gasteiger partial charge in [-0.3, -0.25) is 4.79 Å². The Balaban J connectivity index is 1.92. The molecule has 2 aromatic rings. The van der Waals surface area contributed by atoms with Crippen molar-refractivity contribution in [1.82, 2.24) is 4.98 Å². The van der Waals surface area contributed by atoms with Crippen molar-refractivity contribution in [3.8, 4) is 11.6 Å². The molecule has 0 aliphatic heterocycles. The highest BCUT2D eigenvalue weighted by atomic mass is 16.5. The SMILES string of the molecule is COc1ccc2c(c1)C(=O)/C(=C/c1ccc(OC)nc1)CC2. The van der Waals surface area contributed by atoms with Gasteiger partial charge in [-0.15, -0.1) is 0 Å². The lowest BCUT2D eigenvalue weighted by Crippen LogP contribution is -2.14. The first-order valence-corrected chi connectivity index (χ1v) is 7.13. The first-order chi connectivity index (χ1) is 10.7. The summed E-state index contributed by atoms with van der Waals surface area (Å²) in [7, 11) is 3.18. The van der Waals surface area contributed by atoms with Gasteiger partial charge in [-0.1, -0.05) is 6.07 Å². The highest BCUT2D eigenvalue weighted by molar-refractivity contribution is 6.13. The van der Waals surface area contributed by atoms with Gasteiger partial charge in [-0.2, -0.15) is 0 Å². The van der Waals surface area contributed by atoms with Crippen LogP contribution < -0.4 is 9.47 Å². The van der Waals surface area contributed by atoms with Gasteiger partial charge in [0, 0.05) is 23.4 Å². The van der Waals surface area contributed by atoms with Crippen molar-refractivity contribution < 1.29 is 14.3 Å². The topological polar surface area (TPSA) is 48.4 Å². The molecule has 0 fully saturated rings. The number of ketones is 1. The highest BCUT2D eigenvalue weighted by Crippen LogP contribution is 2.29. The molecule has 1 aliphatic carbocycles. The van der Waals surface area contributed by atoms with Crippen molar-refractivity contribution in [3.05, 3.63) is 58.8 Å². The predicted octanol–water partition coefficient (Wildman–Crippen LogP) is 3.31. The normalized spacial score (nSPS) is 15.5. The molecule has 4 heteroatoms. The van der Waals surface area contributed by atoms with Gasteiger partial charge in [0.05, 0.1) is 14.2 Å². The fourth-order valence-corrected chi connectivity index (χ4v) is 2.60. The number of carbonyl (C=O) groups excluding carboxylic acids is 1. The molecule has 0 saturated carbocycles. The van der Waals surface area contributed by atoms with Crippen LogP contribution in [0, 0.1) is 0 Å². The van der Waals surface area contributed by atoms with E-state index in [4.69, 9.17) is 9.47 Å². The van der Waals surface area contributed by atoms with Crippen molar-refractivity contribution in [2.24, 2.45) is 0 Å². The van der Waals surface area contributed by atoms with Gasteiger partial charge in [-0.05, 0) is 48.2 Å². The average molecular weight is 295 g/mol. The monoisotopic (exact) mass is 295 g/mol. The van der Waals surface area contributed by atoms with Gasteiger partial charge in [-0.25, -0.2) is 4.98 Å². The van der Waals surface area contributed by atoms with Crippen LogP contribution in [-0.2, 0) is 6.42 Å². The van der Waals surface area contributed by atoms with Crippen molar-refractivity contribution in [1.29, 1.82) is 0 Å². The summed E-state index contributed by atoms with van der Waals surface area (Å²) >= 11 is 0. The third kappa shape index (κ3) is 2.72. The first-order valence-electron chi connectivity index (χ1n) is 7.13. The molecule has 0 unspecified atom stereocenters. The molecule has 112 valence electrons. The molecule has 0 amide bonds. The van der Waals surface area contributed by atoms with Gasteiger partial charge < -0.3 is 9.47 Å². The maximum Gasteiger partial charge on any atom is 0.212 e. The minimum absolute atomic E-state index is 0.0657. The van der Waals surface area contributed by atoms with Gasteiger partial charge in [0.1, 0.15) is 5.75 Å². The standard InChI is InChI=1S/C18H17NO3/c1-21-15-7-6-13-4-5-14(18(20)16(13)10-15)9-12-3-8-17(22-2)19-11-12/h3,6-11H,4-5H2,1-2H3/b14-9+. The van der Waals surface area contributed by atoms with E-state index in [-0.39, 0.29) is 5.78 Å². The maximum atomic E-state index is 12.6. The number of fused-ring (bicyclic) bond motifs is 1. The molecule has 3 rings (SSSR count). The molecule has 22 heavy (non-hydrogen) atoms. The molecular weight excluding hydrogens is 278 g/mol. The Bertz CT molecular complexity index is 732. The number of hydrogen-bond donors (Lipinski definition) is 0. The average Bonchev–Trinajstić information content (AvgIpc) is 2.58. The quantitative estimate of drug-likeness (QED) is 0.815. The van der Waals surface area contributed by atoms with Crippen molar-refractivity contribution >= 4 is 11.9 Å². The van der Waals surface area contributed by atoms with E-state index in [0.29, 0.717) is 11.6 Å². The number of ether oxygens (including phenoxy) is 2. The molecule has 1 heterocycles. The number of hydrogen-bond acceptors (Lipinski definition) is 4. The smallest absolute Gasteiger partial charge is 0.212 e. The van der Waals surface area contributed by atoms with Crippen LogP contribution in [0.15, 0.2) is 42.1 Å². The number of aromatic nitrogens is 1. The minimum Gasteiger partial charge on any atom is -0.497 e. The Hall–Kier alpha value is -2.62. The third-order valence-corrected chi connectivity index (χ3v) is 3.83. The number of rotatable bonds is 3. The zero-order valence-electron chi connectivity index (χ0n) is 12.6. The number of pyridine rings is 1. The molecular formula is C18H17NO3. The summed E-state index contributed by atoms with van der Waals surface area (Å²) in [5.74, 6) is 1.34. The van der Waals surface area contributed by atoms with Crippen LogP contribution in [0.25, 0.3) is 6.08 Å². The van der Waals surface area contributed by atoms with E-state index in [0.717, 1.165) is 35.1 Å². The summed E-state index contributed by atoms with van der Waals surface area (Å²) in [6.07, 6.45) is 5.21. The van der Waals surface area contributed by atoms with Gasteiger partial charge in [0.25, 0.3) is 0 Å². The van der Waals surface area contributed by atoms with Crippen LogP contribution in [0.2, 0.25) is 0 Å². The molecule has 0 radical (unpaired) electrons. The Morgan fingerprint density at radius 2 is 1.95 bits per heavy atom. The van der Waals surface area contributed by atoms with E-state index < -0.39 is 0 Å². The van der Waals surface area contributed by atoms with E-state index >= 15 is 0 Å². The van der Waals surface area contributed by atoms with Crippen LogP contribution in [0.3, 0.4) is 0 Å². The van der Waals surface area contributed by atoms with E-state index in [1.54, 1.807) is 26.5 Å². The second-order valence-electron chi connectivity index (χ2n) is 5.16. The summed E-state index contributed by atoms with van der Waals surface area (Å²) in [6.45, 7) is 0. The Morgan fingerprint density at radius 1 is 1.09 bits per heavy atom. The number of Topliss-reactive ketones (excluding diaryl/α,β-unsaturated/α-hetero) is 1. The number of nitrogens with zero attached hydrogens (tertiary/aromatic N) is 1. The van der Waals surface area contributed by atoms with Gasteiger partial charge in [0.15, 0.2) is 5.78 Å². The first kappa shape index (κ1) is 14.3. The fourth-order valence-electron chi connectivity index (χ4n) is 2.60. The molecule has 4 nitrogen and oxygen atoms in total. The molecule has 0 atom stereocenters. The van der Waals surface area contributed by atoms with Crippen LogP contribution in [-0.4, -0.2) is 25.0 Å². The lowest BCUT2D eigenvalue weighted by atomic mass is 9.86. The summed E-state index contributed by atoms with van der Waals surface area (Å²) in [5.41, 5.74) is 3.51. The number of allylic oxidation sites excluding steroid dienone is 1. The van der Waals surface area contributed by atoms with Crippen molar-refractivity contribution in [3.63, 3.8) is 0 Å². The molecule has 1 aromatic carbocycles. The van der Waals surface area contributed by atoms with Crippen LogP contribution in [0.4, 0.5) is 0 Å². The molecule has 0 saturated heterocycles. The van der Waals surface area contributed by atoms with Gasteiger partial charge in [0.2, 0.25) is 5.88 Å². The second-order valence-corrected chi connectivity index (χ2v) is 5.16. The van der Waals surface area contributed by atoms with Gasteiger partial charge >= 0.3 is 0 Å². The Labute approximate surface area is 129 Å². The van der Waals surface area contributed by atoms with E-state index in [2.05, 4.69) is 4.98 Å². The zero-order valence-corrected chi connectivity index (χ0v) is 12.6. The molecule has 0 N–H and O–H groups in total. The van der Waals surface area contributed by atoms with Crippen molar-refractivity contribution in [2.75, 3.05) is 14.2 Å². The molecule has 1 aromatic heterocycles. The molecule has 0 spiro atoms. The zero-order chi connectivity index (χ0) is 15.5. The lowest BCUT2D eigenvalue weighted by molar-refractivity contribution is 0.102. The van der Waals surface area contributed by atoms with Crippen molar-refractivity contribution in [2.45, 2.75) is 12.8 Å². The van der Waals surface area contributed by atoms with E-state index in [1.807, 2.05) is 30.3 Å². The largest absolute Gasteiger partial charge is 0.497 e. The number of benzene rings is 1. The number of carbonyl (C=O) groups is 1. The number of aryl methyl sites for hydroxylation is 1. The predicted molar refractivity (Wildman–Crippen MR) is 84.4 cm³/mol. The van der Waals surface area contributed by atoms with Crippen LogP contribution >= 0.6 is 0 Å². The lowest BCUT2D eigenvalue weighted by Gasteiger charge is -2.18. The maximum absolute atomic E-state index is 12.6. The van der Waals surface area contributed by atoms with Crippen LogP contribution in [0.1, 0.15) is 27.9 Å². The highest BCUT2D eigenvalue weighted by Gasteiger charge is 2.22. The van der Waals surface area contributed by atoms with E-state index in [9.17, 15) is 4.79 Å². The minimum atomic E-state index is 0.0657. The Kier molecular flexibility index (Phi) is 3.92. The summed E-state index contributed by atoms with van der Waals surface area (Å²) < 4.78 is 10.3. The fraction of sp³-hybridized carbons (Fsp3) is 0.222. The number of methoxy groups -OCH3 is 2. The molecule has 0 bridgehead atoms.